The summed E-state index contributed by atoms with van der Waals surface area (Å²) in [4.78, 5) is 22.2. The number of pyridine rings is 1. The summed E-state index contributed by atoms with van der Waals surface area (Å²) in [5.74, 6) is 1.57. The average Bonchev–Trinajstić information content (AvgIpc) is 3.54. The SMILES string of the molecule is CN(c1ccc2c(n1)OCc1cc(-c3cnn(COCC[Si](C)(C)C)c3)ccc1-2)C1CC2CCC(C1)N2C(=O)OC(C)(C)C. The van der Waals surface area contributed by atoms with Gasteiger partial charge in [0.1, 0.15) is 24.8 Å². The van der Waals surface area contributed by atoms with Crippen LogP contribution in [0.15, 0.2) is 42.7 Å². The highest BCUT2D eigenvalue weighted by atomic mass is 28.3. The Bertz CT molecular complexity index is 1500. The fourth-order valence-corrected chi connectivity index (χ4v) is 7.38. The second-order valence-corrected chi connectivity index (χ2v) is 20.4. The lowest BCUT2D eigenvalue weighted by molar-refractivity contribution is 0.00597. The number of rotatable bonds is 8. The highest BCUT2D eigenvalue weighted by molar-refractivity contribution is 6.76. The van der Waals surface area contributed by atoms with E-state index < -0.39 is 13.7 Å². The summed E-state index contributed by atoms with van der Waals surface area (Å²) in [6, 6.07) is 12.6. The van der Waals surface area contributed by atoms with Crippen molar-refractivity contribution in [2.24, 2.45) is 0 Å². The van der Waals surface area contributed by atoms with E-state index >= 15 is 0 Å². The molecule has 10 heteroatoms. The molecule has 5 heterocycles. The smallest absolute Gasteiger partial charge is 0.410 e. The van der Waals surface area contributed by atoms with Gasteiger partial charge in [0.05, 0.1) is 6.20 Å². The largest absolute Gasteiger partial charge is 0.472 e. The first kappa shape index (κ1) is 30.6. The molecule has 2 fully saturated rings. The molecule has 3 aliphatic heterocycles. The molecule has 236 valence electrons. The zero-order valence-corrected chi connectivity index (χ0v) is 28.3. The Balaban J connectivity index is 1.11. The topological polar surface area (TPSA) is 82.0 Å². The van der Waals surface area contributed by atoms with Gasteiger partial charge in [-0.05, 0) is 87.4 Å². The predicted molar refractivity (Wildman–Crippen MR) is 176 cm³/mol. The van der Waals surface area contributed by atoms with Crippen LogP contribution in [0.4, 0.5) is 10.6 Å². The molecule has 0 N–H and O–H groups in total. The van der Waals surface area contributed by atoms with Crippen LogP contribution in [-0.4, -0.2) is 71.2 Å². The van der Waals surface area contributed by atoms with Crippen LogP contribution in [0.1, 0.15) is 52.0 Å². The average molecular weight is 618 g/mol. The maximum absolute atomic E-state index is 12.9. The number of piperidine rings is 1. The third kappa shape index (κ3) is 6.66. The molecule has 1 amide bonds. The van der Waals surface area contributed by atoms with Gasteiger partial charge in [-0.25, -0.2) is 9.48 Å². The maximum Gasteiger partial charge on any atom is 0.410 e. The monoisotopic (exact) mass is 617 g/mol. The molecule has 2 saturated heterocycles. The van der Waals surface area contributed by atoms with Crippen molar-refractivity contribution in [1.82, 2.24) is 19.7 Å². The third-order valence-corrected chi connectivity index (χ3v) is 10.7. The molecule has 0 aliphatic carbocycles. The van der Waals surface area contributed by atoms with Crippen molar-refractivity contribution in [3.63, 3.8) is 0 Å². The highest BCUT2D eigenvalue weighted by Crippen LogP contribution is 2.42. The van der Waals surface area contributed by atoms with Crippen molar-refractivity contribution >= 4 is 20.0 Å². The van der Waals surface area contributed by atoms with E-state index in [0.717, 1.165) is 72.0 Å². The van der Waals surface area contributed by atoms with Gasteiger partial charge in [0.15, 0.2) is 0 Å². The minimum atomic E-state index is -1.10. The molecule has 2 aromatic heterocycles. The van der Waals surface area contributed by atoms with E-state index in [4.69, 9.17) is 19.2 Å². The first-order valence-corrected chi connectivity index (χ1v) is 19.7. The number of anilines is 1. The number of carbonyl (C=O) groups excluding carboxylic acids is 1. The van der Waals surface area contributed by atoms with Gasteiger partial charge in [0.2, 0.25) is 5.88 Å². The van der Waals surface area contributed by atoms with E-state index in [1.54, 1.807) is 0 Å². The van der Waals surface area contributed by atoms with E-state index in [9.17, 15) is 4.79 Å². The number of nitrogens with zero attached hydrogens (tertiary/aromatic N) is 5. The molecule has 0 saturated carbocycles. The third-order valence-electron chi connectivity index (χ3n) is 9.01. The maximum atomic E-state index is 12.9. The Morgan fingerprint density at radius 1 is 1.07 bits per heavy atom. The van der Waals surface area contributed by atoms with Crippen LogP contribution in [-0.2, 0) is 22.8 Å². The quantitative estimate of drug-likeness (QED) is 0.196. The standard InChI is InChI=1S/C34H47N5O4Si/c1-34(2,3)43-33(40)39-26-9-10-27(39)18-28(17-26)37(4)31-13-12-30-29-11-8-23(16-24(29)21-42-32(30)36-31)25-19-35-38(20-25)22-41-14-15-44(5,6)7/h8,11-13,16,19-20,26-28H,9-10,14-15,17-18,21-22H2,1-7H3. The van der Waals surface area contributed by atoms with Crippen molar-refractivity contribution in [3.8, 4) is 28.1 Å². The molecule has 2 unspecified atom stereocenters. The van der Waals surface area contributed by atoms with Gasteiger partial charge in [0.25, 0.3) is 0 Å². The molecule has 9 nitrogen and oxygen atoms in total. The number of hydrogen-bond donors (Lipinski definition) is 0. The number of benzene rings is 1. The number of hydrogen-bond acceptors (Lipinski definition) is 7. The van der Waals surface area contributed by atoms with Crippen molar-refractivity contribution < 1.29 is 19.0 Å². The molecule has 3 aliphatic rings. The Morgan fingerprint density at radius 3 is 2.50 bits per heavy atom. The fourth-order valence-electron chi connectivity index (χ4n) is 6.63. The molecule has 0 radical (unpaired) electrons. The summed E-state index contributed by atoms with van der Waals surface area (Å²) in [5, 5.41) is 4.51. The lowest BCUT2D eigenvalue weighted by atomic mass is 9.95. The Kier molecular flexibility index (Phi) is 8.26. The Hall–Kier alpha value is -3.37. The number of carbonyl (C=O) groups is 1. The van der Waals surface area contributed by atoms with Crippen LogP contribution >= 0.6 is 0 Å². The van der Waals surface area contributed by atoms with Crippen LogP contribution in [0, 0.1) is 0 Å². The first-order valence-electron chi connectivity index (χ1n) is 16.0. The fraction of sp³-hybridized carbons (Fsp3) is 0.559. The number of amides is 1. The van der Waals surface area contributed by atoms with Gasteiger partial charge in [-0.15, -0.1) is 0 Å². The van der Waals surface area contributed by atoms with E-state index in [-0.39, 0.29) is 18.2 Å². The van der Waals surface area contributed by atoms with Gasteiger partial charge in [0, 0.05) is 57.2 Å². The van der Waals surface area contributed by atoms with Crippen LogP contribution in [0.25, 0.3) is 22.3 Å². The van der Waals surface area contributed by atoms with Crippen LogP contribution < -0.4 is 9.64 Å². The molecule has 2 atom stereocenters. The van der Waals surface area contributed by atoms with Crippen LogP contribution in [0.5, 0.6) is 5.88 Å². The van der Waals surface area contributed by atoms with Crippen molar-refractivity contribution in [1.29, 1.82) is 0 Å². The van der Waals surface area contributed by atoms with Gasteiger partial charge in [-0.1, -0.05) is 31.8 Å². The number of aromatic nitrogens is 3. The Morgan fingerprint density at radius 2 is 1.80 bits per heavy atom. The number of fused-ring (bicyclic) bond motifs is 5. The minimum absolute atomic E-state index is 0.177. The van der Waals surface area contributed by atoms with E-state index in [1.165, 1.54) is 0 Å². The molecule has 0 spiro atoms. The molecule has 3 aromatic rings. The number of ether oxygens (including phenoxy) is 3. The molecule has 44 heavy (non-hydrogen) atoms. The molecule has 6 rings (SSSR count). The van der Waals surface area contributed by atoms with Crippen molar-refractivity contribution in [2.45, 2.75) is 109 Å². The zero-order chi connectivity index (χ0) is 31.2. The van der Waals surface area contributed by atoms with Gasteiger partial charge in [-0.3, -0.25) is 0 Å². The van der Waals surface area contributed by atoms with Crippen LogP contribution in [0.2, 0.25) is 25.7 Å². The minimum Gasteiger partial charge on any atom is -0.472 e. The molecular weight excluding hydrogens is 570 g/mol. The van der Waals surface area contributed by atoms with Gasteiger partial charge in [-0.2, -0.15) is 10.1 Å². The van der Waals surface area contributed by atoms with Crippen molar-refractivity contribution in [2.75, 3.05) is 18.6 Å². The first-order chi connectivity index (χ1) is 20.8. The van der Waals surface area contributed by atoms with Gasteiger partial charge >= 0.3 is 6.09 Å². The second kappa shape index (κ2) is 11.9. The van der Waals surface area contributed by atoms with Crippen molar-refractivity contribution in [3.05, 3.63) is 48.3 Å². The van der Waals surface area contributed by atoms with Gasteiger partial charge < -0.3 is 24.0 Å². The highest BCUT2D eigenvalue weighted by Gasteiger charge is 2.46. The molecule has 1 aromatic carbocycles. The summed E-state index contributed by atoms with van der Waals surface area (Å²) < 4.78 is 19.7. The second-order valence-electron chi connectivity index (χ2n) is 14.8. The molecule has 2 bridgehead atoms. The summed E-state index contributed by atoms with van der Waals surface area (Å²) >= 11 is 0. The summed E-state index contributed by atoms with van der Waals surface area (Å²) in [5.41, 5.74) is 5.00. The van der Waals surface area contributed by atoms with E-state index in [0.29, 0.717) is 25.3 Å². The molecular formula is C34H47N5O4Si. The normalized spacial score (nSPS) is 21.0. The predicted octanol–water partition coefficient (Wildman–Crippen LogP) is 7.18. The lowest BCUT2D eigenvalue weighted by Crippen LogP contribution is -2.53. The summed E-state index contributed by atoms with van der Waals surface area (Å²) in [6.07, 6.45) is 7.65. The van der Waals surface area contributed by atoms with E-state index in [1.807, 2.05) is 42.7 Å². The Labute approximate surface area is 262 Å². The lowest BCUT2D eigenvalue weighted by Gasteiger charge is -2.42. The van der Waals surface area contributed by atoms with E-state index in [2.05, 4.69) is 67.0 Å². The van der Waals surface area contributed by atoms with Crippen LogP contribution in [0.3, 0.4) is 0 Å². The summed E-state index contributed by atoms with van der Waals surface area (Å²) in [6.45, 7) is 14.6. The summed E-state index contributed by atoms with van der Waals surface area (Å²) in [7, 11) is 1.01. The zero-order valence-electron chi connectivity index (χ0n) is 27.3.